The molecule has 36 heavy (non-hydrogen) atoms. The van der Waals surface area contributed by atoms with Crippen LogP contribution < -0.4 is 11.5 Å². The number of nitrogens with zero attached hydrogens (tertiary/aromatic N) is 1. The van der Waals surface area contributed by atoms with Crippen LogP contribution in [0, 0.1) is 23.7 Å². The van der Waals surface area contributed by atoms with Gasteiger partial charge in [0, 0.05) is 5.92 Å². The molecule has 6 N–H and O–H groups in total. The first-order chi connectivity index (χ1) is 16.9. The van der Waals surface area contributed by atoms with Gasteiger partial charge in [0.15, 0.2) is 34.7 Å². The van der Waals surface area contributed by atoms with Crippen LogP contribution in [-0.2, 0) is 25.6 Å². The number of aliphatic hydroxyl groups is 1. The summed E-state index contributed by atoms with van der Waals surface area (Å²) in [5, 5.41) is 26.1. The number of benzene rings is 1. The van der Waals surface area contributed by atoms with Crippen LogP contribution in [0.1, 0.15) is 22.3 Å². The van der Waals surface area contributed by atoms with Crippen LogP contribution in [0.3, 0.4) is 0 Å². The average molecular weight is 512 g/mol. The largest absolute Gasteiger partial charge is 0.505 e. The summed E-state index contributed by atoms with van der Waals surface area (Å²) in [5.41, 5.74) is 10.4. The van der Waals surface area contributed by atoms with Gasteiger partial charge in [-0.15, -0.1) is 0 Å². The second kappa shape index (κ2) is 8.05. The van der Waals surface area contributed by atoms with Gasteiger partial charge >= 0.3 is 0 Å². The van der Waals surface area contributed by atoms with E-state index in [1.165, 1.54) is 16.2 Å². The molecule has 2 saturated carbocycles. The number of carbonyl (C=O) groups excluding carboxylic acids is 5. The van der Waals surface area contributed by atoms with E-state index in [1.807, 2.05) is 16.8 Å². The first-order valence-electron chi connectivity index (χ1n) is 11.4. The molecule has 5 rings (SSSR count). The molecule has 0 saturated heterocycles. The van der Waals surface area contributed by atoms with Crippen LogP contribution in [0.4, 0.5) is 5.69 Å². The van der Waals surface area contributed by atoms with Crippen LogP contribution in [0.5, 0.6) is 5.75 Å². The number of thiophene rings is 1. The van der Waals surface area contributed by atoms with Crippen molar-refractivity contribution in [2.75, 3.05) is 19.8 Å². The number of primary amides is 1. The molecular weight excluding hydrogens is 486 g/mol. The second-order valence-electron chi connectivity index (χ2n) is 10.0. The minimum Gasteiger partial charge on any atom is -0.505 e. The molecule has 0 spiro atoms. The predicted octanol–water partition coefficient (Wildman–Crippen LogP) is 0.178. The zero-order chi connectivity index (χ0) is 26.3. The van der Waals surface area contributed by atoms with Gasteiger partial charge in [-0.25, -0.2) is 0 Å². The Morgan fingerprint density at radius 3 is 2.47 bits per heavy atom. The monoisotopic (exact) mass is 511 g/mol. The van der Waals surface area contributed by atoms with Crippen LogP contribution in [-0.4, -0.2) is 69.9 Å². The van der Waals surface area contributed by atoms with Gasteiger partial charge in [-0.2, -0.15) is 11.3 Å². The molecule has 0 radical (unpaired) electrons. The molecule has 1 aromatic carbocycles. The van der Waals surface area contributed by atoms with E-state index < -0.39 is 70.1 Å². The molecule has 0 bridgehead atoms. The number of fused-ring (bicyclic) bond motifs is 3. The van der Waals surface area contributed by atoms with Crippen molar-refractivity contribution in [3.63, 3.8) is 0 Å². The molecule has 2 aromatic rings. The van der Waals surface area contributed by atoms with Gasteiger partial charge in [0.25, 0.3) is 0 Å². The summed E-state index contributed by atoms with van der Waals surface area (Å²) in [5.74, 6) is -10.9. The third kappa shape index (κ3) is 3.06. The molecule has 0 aliphatic heterocycles. The van der Waals surface area contributed by atoms with E-state index >= 15 is 0 Å². The van der Waals surface area contributed by atoms with Gasteiger partial charge < -0.3 is 21.7 Å². The topological polar surface area (TPSA) is 181 Å². The zero-order valence-electron chi connectivity index (χ0n) is 19.6. The first-order valence-corrected chi connectivity index (χ1v) is 12.4. The highest BCUT2D eigenvalue weighted by atomic mass is 32.1. The summed E-state index contributed by atoms with van der Waals surface area (Å²) >= 11 is 1.45. The number of nitrogens with two attached hydrogens (primary N) is 2. The van der Waals surface area contributed by atoms with Crippen molar-refractivity contribution in [2.45, 2.75) is 24.5 Å². The summed E-state index contributed by atoms with van der Waals surface area (Å²) in [4.78, 5) is 67.5. The molecular formula is C25H25N3O7S. The van der Waals surface area contributed by atoms with Gasteiger partial charge in [-0.1, -0.05) is 0 Å². The Labute approximate surface area is 209 Å². The Bertz CT molecular complexity index is 1350. The fraction of sp³-hybridized carbons (Fsp3) is 0.400. The molecule has 11 heteroatoms. The smallest absolute Gasteiger partial charge is 0.235 e. The van der Waals surface area contributed by atoms with Gasteiger partial charge in [-0.3, -0.25) is 28.9 Å². The lowest BCUT2D eigenvalue weighted by Crippen LogP contribution is -2.74. The van der Waals surface area contributed by atoms with Gasteiger partial charge in [0.2, 0.25) is 5.91 Å². The Balaban J connectivity index is 1.69. The molecule has 188 valence electrons. The number of phenols is 1. The normalized spacial score (nSPS) is 31.7. The molecule has 1 heterocycles. The first kappa shape index (κ1) is 24.3. The number of amides is 1. The summed E-state index contributed by atoms with van der Waals surface area (Å²) in [6, 6.07) is 2.30. The zero-order valence-corrected chi connectivity index (χ0v) is 20.4. The van der Waals surface area contributed by atoms with Crippen molar-refractivity contribution in [1.29, 1.82) is 0 Å². The van der Waals surface area contributed by atoms with E-state index in [0.717, 1.165) is 5.56 Å². The van der Waals surface area contributed by atoms with Crippen molar-refractivity contribution in [1.82, 2.24) is 4.90 Å². The van der Waals surface area contributed by atoms with Gasteiger partial charge in [0.1, 0.15) is 5.75 Å². The van der Waals surface area contributed by atoms with Crippen LogP contribution in [0.15, 0.2) is 22.9 Å². The highest BCUT2D eigenvalue weighted by Crippen LogP contribution is 2.52. The quantitative estimate of drug-likeness (QED) is 0.254. The standard InChI is InChI=1S/C25H25N3O7S/c1-28(2)18-13-6-10-5-12-11(9-3-4-36-8-9)7-14(26)19(29)16(12)20(30)15(10)22(32)25(13,35)23(33)17(21(18)31)24(27)34/h3-4,7-8,10,13,15,17-18,29,35H,5-6,26H2,1-2H3,(H2,27,34). The van der Waals surface area contributed by atoms with Crippen molar-refractivity contribution in [3.8, 4) is 16.9 Å². The average Bonchev–Trinajstić information content (AvgIpc) is 3.33. The van der Waals surface area contributed by atoms with E-state index in [4.69, 9.17) is 11.5 Å². The van der Waals surface area contributed by atoms with Crippen LogP contribution >= 0.6 is 11.3 Å². The Morgan fingerprint density at radius 2 is 1.89 bits per heavy atom. The fourth-order valence-corrected chi connectivity index (χ4v) is 7.02. The molecule has 1 amide bonds. The number of aromatic hydroxyl groups is 1. The Morgan fingerprint density at radius 1 is 1.19 bits per heavy atom. The molecule has 1 aromatic heterocycles. The number of anilines is 1. The fourth-order valence-electron chi connectivity index (χ4n) is 6.37. The third-order valence-electron chi connectivity index (χ3n) is 7.92. The summed E-state index contributed by atoms with van der Waals surface area (Å²) < 4.78 is 0. The third-order valence-corrected chi connectivity index (χ3v) is 8.61. The number of nitrogen functional groups attached to an aromatic ring is 1. The number of hydrogen-bond donors (Lipinski definition) is 4. The number of ketones is 4. The van der Waals surface area contributed by atoms with Crippen molar-refractivity contribution in [2.24, 2.45) is 29.4 Å². The minimum absolute atomic E-state index is 0.00187. The van der Waals surface area contributed by atoms with E-state index in [2.05, 4.69) is 0 Å². The van der Waals surface area contributed by atoms with E-state index in [-0.39, 0.29) is 24.1 Å². The highest BCUT2D eigenvalue weighted by Gasteiger charge is 2.69. The molecule has 3 aliphatic rings. The summed E-state index contributed by atoms with van der Waals surface area (Å²) in [6.45, 7) is 0. The van der Waals surface area contributed by atoms with E-state index in [0.29, 0.717) is 11.1 Å². The molecule has 6 unspecified atom stereocenters. The van der Waals surface area contributed by atoms with Crippen molar-refractivity contribution in [3.05, 3.63) is 34.0 Å². The van der Waals surface area contributed by atoms with Gasteiger partial charge in [-0.05, 0) is 72.4 Å². The number of hydrogen-bond acceptors (Lipinski definition) is 10. The van der Waals surface area contributed by atoms with E-state index in [1.54, 1.807) is 20.2 Å². The number of phenolic OH excluding ortho intramolecular Hbond substituents is 1. The molecule has 6 atom stereocenters. The summed E-state index contributed by atoms with van der Waals surface area (Å²) in [7, 11) is 3.09. The lowest BCUT2D eigenvalue weighted by molar-refractivity contribution is -0.181. The van der Waals surface area contributed by atoms with Crippen molar-refractivity contribution < 1.29 is 34.2 Å². The SMILES string of the molecule is CN(C)C1C(=O)C(C(N)=O)C(=O)C2(O)C(=O)C3C(=O)c4c(O)c(N)cc(-c5ccsc5)c4CC3CC12. The maximum absolute atomic E-state index is 13.8. The molecule has 3 aliphatic carbocycles. The number of carbonyl (C=O) groups is 5. The van der Waals surface area contributed by atoms with Crippen molar-refractivity contribution >= 4 is 46.1 Å². The maximum atomic E-state index is 13.8. The Hall–Kier alpha value is -3.41. The predicted molar refractivity (Wildman–Crippen MR) is 129 cm³/mol. The minimum atomic E-state index is -2.75. The Kier molecular flexibility index (Phi) is 5.43. The number of Topliss-reactive ketones (excluding diaryl/α,β-unsaturated/α-hetero) is 4. The molecule has 2 fully saturated rings. The molecule has 10 nitrogen and oxygen atoms in total. The van der Waals surface area contributed by atoms with Crippen LogP contribution in [0.2, 0.25) is 0 Å². The summed E-state index contributed by atoms with van der Waals surface area (Å²) in [6.07, 6.45) is 0.184. The second-order valence-corrected chi connectivity index (χ2v) is 10.8. The highest BCUT2D eigenvalue weighted by molar-refractivity contribution is 7.08. The lowest BCUT2D eigenvalue weighted by atomic mass is 9.52. The van der Waals surface area contributed by atoms with E-state index in [9.17, 15) is 34.2 Å². The lowest BCUT2D eigenvalue weighted by Gasteiger charge is -2.52. The van der Waals surface area contributed by atoms with Crippen LogP contribution in [0.25, 0.3) is 11.1 Å². The number of rotatable bonds is 3. The maximum Gasteiger partial charge on any atom is 0.235 e. The van der Waals surface area contributed by atoms with Gasteiger partial charge in [0.05, 0.1) is 23.2 Å². The number of likely N-dealkylation sites (N-methyl/N-ethyl adjacent to an activating group) is 1.